The van der Waals surface area contributed by atoms with Crippen molar-refractivity contribution in [3.63, 3.8) is 0 Å². The first-order valence-corrected chi connectivity index (χ1v) is 4.05. The summed E-state index contributed by atoms with van der Waals surface area (Å²) in [5.41, 5.74) is 5.76. The number of ether oxygens (including phenoxy) is 3. The second-order valence-electron chi connectivity index (χ2n) is 2.76. The number of rotatable bonds is 3. The van der Waals surface area contributed by atoms with Gasteiger partial charge < -0.3 is 19.9 Å². The molecule has 4 heteroatoms. The Morgan fingerprint density at radius 3 is 2.38 bits per heavy atom. The number of nitrogens with two attached hydrogens (primary N) is 1. The van der Waals surface area contributed by atoms with Crippen LogP contribution in [0.3, 0.4) is 0 Å². The molecule has 4 nitrogen and oxygen atoms in total. The Kier molecular flexibility index (Phi) is 3.19. The Balaban J connectivity index is 2.97. The van der Waals surface area contributed by atoms with Crippen LogP contribution in [0.1, 0.15) is 6.42 Å². The van der Waals surface area contributed by atoms with Gasteiger partial charge in [-0.15, -0.1) is 0 Å². The summed E-state index contributed by atoms with van der Waals surface area (Å²) in [6.45, 7) is 0. The molecular weight excluding hydrogens is 170 g/mol. The molecule has 1 atom stereocenters. The van der Waals surface area contributed by atoms with E-state index in [1.54, 1.807) is 21.3 Å². The van der Waals surface area contributed by atoms with Gasteiger partial charge in [0, 0.05) is 12.5 Å². The van der Waals surface area contributed by atoms with Gasteiger partial charge in [-0.25, -0.2) is 0 Å². The molecule has 0 fully saturated rings. The Labute approximate surface area is 78.0 Å². The van der Waals surface area contributed by atoms with E-state index in [1.807, 2.05) is 6.08 Å². The molecule has 1 unspecified atom stereocenters. The lowest BCUT2D eigenvalue weighted by molar-refractivity contribution is 0.171. The molecule has 0 aromatic heterocycles. The smallest absolute Gasteiger partial charge is 0.198 e. The van der Waals surface area contributed by atoms with Crippen LogP contribution in [-0.2, 0) is 14.2 Å². The molecule has 0 saturated heterocycles. The summed E-state index contributed by atoms with van der Waals surface area (Å²) in [7, 11) is 4.76. The van der Waals surface area contributed by atoms with Crippen molar-refractivity contribution in [3.8, 4) is 0 Å². The Hall–Kier alpha value is -1.16. The molecule has 0 aliphatic heterocycles. The molecule has 0 radical (unpaired) electrons. The summed E-state index contributed by atoms with van der Waals surface area (Å²) in [6.07, 6.45) is 2.47. The zero-order chi connectivity index (χ0) is 9.84. The van der Waals surface area contributed by atoms with E-state index in [9.17, 15) is 0 Å². The lowest BCUT2D eigenvalue weighted by atomic mass is 10.1. The van der Waals surface area contributed by atoms with Crippen LogP contribution >= 0.6 is 0 Å². The summed E-state index contributed by atoms with van der Waals surface area (Å²) >= 11 is 0. The maximum atomic E-state index is 5.76. The average Bonchev–Trinajstić information content (AvgIpc) is 2.16. The summed E-state index contributed by atoms with van der Waals surface area (Å²) in [4.78, 5) is 0. The van der Waals surface area contributed by atoms with Gasteiger partial charge in [0.2, 0.25) is 0 Å². The molecule has 0 heterocycles. The van der Waals surface area contributed by atoms with Gasteiger partial charge in [0.15, 0.2) is 11.5 Å². The molecule has 13 heavy (non-hydrogen) atoms. The highest BCUT2D eigenvalue weighted by Gasteiger charge is 2.22. The molecule has 0 aromatic carbocycles. The van der Waals surface area contributed by atoms with E-state index < -0.39 is 0 Å². The van der Waals surface area contributed by atoms with Crippen LogP contribution in [-0.4, -0.2) is 27.4 Å². The highest BCUT2D eigenvalue weighted by Crippen LogP contribution is 2.25. The lowest BCUT2D eigenvalue weighted by Crippen LogP contribution is -2.24. The van der Waals surface area contributed by atoms with E-state index in [1.165, 1.54) is 0 Å². The second kappa shape index (κ2) is 4.18. The minimum absolute atomic E-state index is 0.0659. The van der Waals surface area contributed by atoms with Crippen LogP contribution in [0.4, 0.5) is 0 Å². The van der Waals surface area contributed by atoms with E-state index >= 15 is 0 Å². The molecule has 1 aliphatic rings. The van der Waals surface area contributed by atoms with Crippen LogP contribution in [0.15, 0.2) is 23.4 Å². The predicted octanol–water partition coefficient (Wildman–Crippen LogP) is 0.752. The number of methoxy groups -OCH3 is 3. The third-order valence-electron chi connectivity index (χ3n) is 1.93. The topological polar surface area (TPSA) is 53.7 Å². The Morgan fingerprint density at radius 1 is 1.23 bits per heavy atom. The standard InChI is InChI=1S/C9H15NO3/c1-11-7-4-6(10)5-8(12-2)9(7)13-3/h4,6H,5,10H2,1-3H3. The van der Waals surface area contributed by atoms with Crippen molar-refractivity contribution in [2.24, 2.45) is 5.73 Å². The van der Waals surface area contributed by atoms with Gasteiger partial charge in [0.25, 0.3) is 0 Å². The number of hydrogen-bond donors (Lipinski definition) is 1. The van der Waals surface area contributed by atoms with Crippen molar-refractivity contribution >= 4 is 0 Å². The Morgan fingerprint density at radius 2 is 1.92 bits per heavy atom. The summed E-state index contributed by atoms with van der Waals surface area (Å²) < 4.78 is 15.4. The first kappa shape index (κ1) is 9.92. The van der Waals surface area contributed by atoms with Gasteiger partial charge in [-0.2, -0.15) is 0 Å². The fourth-order valence-corrected chi connectivity index (χ4v) is 1.32. The normalized spacial score (nSPS) is 22.5. The third-order valence-corrected chi connectivity index (χ3v) is 1.93. The van der Waals surface area contributed by atoms with E-state index in [4.69, 9.17) is 19.9 Å². The van der Waals surface area contributed by atoms with Crippen LogP contribution in [0.2, 0.25) is 0 Å². The van der Waals surface area contributed by atoms with Crippen LogP contribution in [0, 0.1) is 0 Å². The van der Waals surface area contributed by atoms with E-state index in [0.717, 1.165) is 5.76 Å². The quantitative estimate of drug-likeness (QED) is 0.705. The number of hydrogen-bond acceptors (Lipinski definition) is 4. The van der Waals surface area contributed by atoms with Gasteiger partial charge in [0.1, 0.15) is 5.76 Å². The highest BCUT2D eigenvalue weighted by atomic mass is 16.5. The maximum absolute atomic E-state index is 5.76. The minimum Gasteiger partial charge on any atom is -0.497 e. The van der Waals surface area contributed by atoms with Gasteiger partial charge in [-0.05, 0) is 6.08 Å². The first-order valence-electron chi connectivity index (χ1n) is 4.05. The SMILES string of the molecule is COC1=CC(N)CC(OC)=C1OC. The summed E-state index contributed by atoms with van der Waals surface area (Å²) in [6, 6.07) is -0.0659. The maximum Gasteiger partial charge on any atom is 0.198 e. The van der Waals surface area contributed by atoms with Gasteiger partial charge >= 0.3 is 0 Å². The lowest BCUT2D eigenvalue weighted by Gasteiger charge is -2.21. The largest absolute Gasteiger partial charge is 0.497 e. The van der Waals surface area contributed by atoms with Crippen LogP contribution in [0.25, 0.3) is 0 Å². The summed E-state index contributed by atoms with van der Waals surface area (Å²) in [5.74, 6) is 2.00. The molecule has 0 bridgehead atoms. The van der Waals surface area contributed by atoms with Crippen LogP contribution < -0.4 is 5.73 Å². The van der Waals surface area contributed by atoms with Crippen molar-refractivity contribution in [3.05, 3.63) is 23.4 Å². The molecule has 0 aromatic rings. The molecule has 2 N–H and O–H groups in total. The van der Waals surface area contributed by atoms with Crippen molar-refractivity contribution in [1.29, 1.82) is 0 Å². The van der Waals surface area contributed by atoms with Crippen LogP contribution in [0.5, 0.6) is 0 Å². The first-order chi connectivity index (χ1) is 6.22. The molecule has 74 valence electrons. The van der Waals surface area contributed by atoms with Gasteiger partial charge in [0.05, 0.1) is 21.3 Å². The van der Waals surface area contributed by atoms with E-state index in [-0.39, 0.29) is 6.04 Å². The van der Waals surface area contributed by atoms with Crippen molar-refractivity contribution < 1.29 is 14.2 Å². The summed E-state index contributed by atoms with van der Waals surface area (Å²) in [5, 5.41) is 0. The minimum atomic E-state index is -0.0659. The third kappa shape index (κ3) is 1.95. The predicted molar refractivity (Wildman–Crippen MR) is 48.7 cm³/mol. The van der Waals surface area contributed by atoms with Crippen molar-refractivity contribution in [2.45, 2.75) is 12.5 Å². The second-order valence-corrected chi connectivity index (χ2v) is 2.76. The molecular formula is C9H15NO3. The highest BCUT2D eigenvalue weighted by molar-refractivity contribution is 5.30. The fourth-order valence-electron chi connectivity index (χ4n) is 1.32. The fraction of sp³-hybridized carbons (Fsp3) is 0.556. The van der Waals surface area contributed by atoms with E-state index in [2.05, 4.69) is 0 Å². The Bertz CT molecular complexity index is 245. The zero-order valence-electron chi connectivity index (χ0n) is 8.16. The van der Waals surface area contributed by atoms with Crippen molar-refractivity contribution in [1.82, 2.24) is 0 Å². The monoisotopic (exact) mass is 185 g/mol. The average molecular weight is 185 g/mol. The molecule has 0 saturated carbocycles. The molecule has 0 amide bonds. The molecule has 1 aliphatic carbocycles. The van der Waals surface area contributed by atoms with Gasteiger partial charge in [-0.1, -0.05) is 0 Å². The van der Waals surface area contributed by atoms with Crippen molar-refractivity contribution in [2.75, 3.05) is 21.3 Å². The molecule has 1 rings (SSSR count). The van der Waals surface area contributed by atoms with Gasteiger partial charge in [-0.3, -0.25) is 0 Å². The van der Waals surface area contributed by atoms with E-state index in [0.29, 0.717) is 17.9 Å². The molecule has 0 spiro atoms. The zero-order valence-corrected chi connectivity index (χ0v) is 8.16.